The van der Waals surface area contributed by atoms with Gasteiger partial charge in [-0.25, -0.2) is 9.78 Å². The highest BCUT2D eigenvalue weighted by Gasteiger charge is 2.16. The number of thioether (sulfide) groups is 1. The Labute approximate surface area is 167 Å². The Kier molecular flexibility index (Phi) is 6.49. The summed E-state index contributed by atoms with van der Waals surface area (Å²) in [5.41, 5.74) is 2.13. The molecule has 7 heteroatoms. The van der Waals surface area contributed by atoms with Crippen molar-refractivity contribution in [3.05, 3.63) is 70.0 Å². The summed E-state index contributed by atoms with van der Waals surface area (Å²) in [5.74, 6) is 0.254. The largest absolute Gasteiger partial charge is 0.465 e. The zero-order valence-corrected chi connectivity index (χ0v) is 16.9. The van der Waals surface area contributed by atoms with Crippen molar-refractivity contribution < 1.29 is 14.3 Å². The molecule has 0 saturated heterocycles. The van der Waals surface area contributed by atoms with E-state index in [1.54, 1.807) is 29.9 Å². The van der Waals surface area contributed by atoms with Crippen LogP contribution in [0.15, 0.2) is 58.5 Å². The molecule has 1 aromatic heterocycles. The van der Waals surface area contributed by atoms with E-state index >= 15 is 0 Å². The number of nitrogens with zero attached hydrogens (tertiary/aromatic N) is 2. The molecule has 0 aliphatic carbocycles. The Hall–Kier alpha value is -2.64. The fraction of sp³-hybridized carbons (Fsp3) is 0.286. The van der Waals surface area contributed by atoms with Gasteiger partial charge in [-0.3, -0.25) is 9.36 Å². The summed E-state index contributed by atoms with van der Waals surface area (Å²) in [4.78, 5) is 29.3. The van der Waals surface area contributed by atoms with Crippen molar-refractivity contribution in [2.75, 3.05) is 20.8 Å². The highest BCUT2D eigenvalue weighted by molar-refractivity contribution is 7.98. The van der Waals surface area contributed by atoms with Gasteiger partial charge in [-0.1, -0.05) is 36.0 Å². The first-order chi connectivity index (χ1) is 13.5. The summed E-state index contributed by atoms with van der Waals surface area (Å²) in [6.45, 7) is 2.36. The molecule has 6 nitrogen and oxygen atoms in total. The van der Waals surface area contributed by atoms with Crippen molar-refractivity contribution in [2.24, 2.45) is 0 Å². The van der Waals surface area contributed by atoms with E-state index in [2.05, 4.69) is 0 Å². The number of esters is 1. The van der Waals surface area contributed by atoms with E-state index < -0.39 is 0 Å². The molecule has 0 bridgehead atoms. The molecule has 3 aromatic rings. The summed E-state index contributed by atoms with van der Waals surface area (Å²) < 4.78 is 11.7. The van der Waals surface area contributed by atoms with Crippen molar-refractivity contribution in [1.29, 1.82) is 0 Å². The predicted octanol–water partition coefficient (Wildman–Crippen LogP) is 3.68. The molecule has 0 spiro atoms. The summed E-state index contributed by atoms with van der Waals surface area (Å²) in [6.07, 6.45) is 0. The lowest BCUT2D eigenvalue weighted by atomic mass is 10.1. The normalized spacial score (nSPS) is 12.1. The predicted molar refractivity (Wildman–Crippen MR) is 110 cm³/mol. The van der Waals surface area contributed by atoms with Crippen LogP contribution in [0.2, 0.25) is 0 Å². The molecule has 0 aliphatic rings. The van der Waals surface area contributed by atoms with Gasteiger partial charge in [-0.05, 0) is 36.8 Å². The van der Waals surface area contributed by atoms with E-state index in [1.165, 1.54) is 18.9 Å². The highest BCUT2D eigenvalue weighted by atomic mass is 32.2. The summed E-state index contributed by atoms with van der Waals surface area (Å²) in [7, 11) is 2.98. The average Bonchev–Trinajstić information content (AvgIpc) is 2.72. The first-order valence-corrected chi connectivity index (χ1v) is 9.84. The van der Waals surface area contributed by atoms with Crippen LogP contribution in [-0.4, -0.2) is 36.3 Å². The maximum absolute atomic E-state index is 13.0. The monoisotopic (exact) mass is 398 g/mol. The number of methoxy groups -OCH3 is 2. The molecule has 3 rings (SSSR count). The number of benzene rings is 2. The number of rotatable bonds is 7. The van der Waals surface area contributed by atoms with E-state index in [4.69, 9.17) is 14.5 Å². The second kappa shape index (κ2) is 9.03. The summed E-state index contributed by atoms with van der Waals surface area (Å²) in [5, 5.41) is 1.24. The van der Waals surface area contributed by atoms with Gasteiger partial charge in [0.1, 0.15) is 0 Å². The SMILES string of the molecule is COC[C@H](C)n1c(SCc2ccc(C(=O)OC)cc2)nc2ccccc2c1=O. The number of carbonyl (C=O) groups is 1. The van der Waals surface area contributed by atoms with Crippen molar-refractivity contribution in [1.82, 2.24) is 9.55 Å². The molecule has 0 radical (unpaired) electrons. The highest BCUT2D eigenvalue weighted by Crippen LogP contribution is 2.25. The lowest BCUT2D eigenvalue weighted by Gasteiger charge is -2.19. The molecule has 28 heavy (non-hydrogen) atoms. The Bertz CT molecular complexity index is 1030. The minimum Gasteiger partial charge on any atom is -0.465 e. The van der Waals surface area contributed by atoms with Gasteiger partial charge in [0.25, 0.3) is 5.56 Å². The van der Waals surface area contributed by atoms with E-state index in [9.17, 15) is 9.59 Å². The Balaban J connectivity index is 1.92. The molecule has 2 aromatic carbocycles. The fourth-order valence-electron chi connectivity index (χ4n) is 2.93. The molecule has 0 fully saturated rings. The van der Waals surface area contributed by atoms with E-state index in [0.717, 1.165) is 5.56 Å². The van der Waals surface area contributed by atoms with Gasteiger partial charge in [0.05, 0.1) is 36.2 Å². The van der Waals surface area contributed by atoms with Gasteiger partial charge in [0.2, 0.25) is 0 Å². The van der Waals surface area contributed by atoms with Gasteiger partial charge < -0.3 is 9.47 Å². The van der Waals surface area contributed by atoms with Gasteiger partial charge in [0.15, 0.2) is 5.16 Å². The third-order valence-corrected chi connectivity index (χ3v) is 5.39. The fourth-order valence-corrected chi connectivity index (χ4v) is 3.99. The van der Waals surface area contributed by atoms with Crippen LogP contribution in [0.5, 0.6) is 0 Å². The number of aromatic nitrogens is 2. The van der Waals surface area contributed by atoms with Crippen molar-refractivity contribution in [3.8, 4) is 0 Å². The number of hydrogen-bond donors (Lipinski definition) is 0. The lowest BCUT2D eigenvalue weighted by molar-refractivity contribution is 0.0600. The first-order valence-electron chi connectivity index (χ1n) is 8.85. The zero-order valence-electron chi connectivity index (χ0n) is 16.0. The van der Waals surface area contributed by atoms with E-state index in [1.807, 2.05) is 37.3 Å². The molecule has 0 N–H and O–H groups in total. The van der Waals surface area contributed by atoms with Gasteiger partial charge in [0, 0.05) is 12.9 Å². The molecule has 1 heterocycles. The van der Waals surface area contributed by atoms with Crippen LogP contribution in [0.4, 0.5) is 0 Å². The first kappa shape index (κ1) is 20.1. The zero-order chi connectivity index (χ0) is 20.1. The van der Waals surface area contributed by atoms with Crippen LogP contribution in [0, 0.1) is 0 Å². The van der Waals surface area contributed by atoms with Crippen LogP contribution in [0.3, 0.4) is 0 Å². The summed E-state index contributed by atoms with van der Waals surface area (Å²) >= 11 is 1.48. The quantitative estimate of drug-likeness (QED) is 0.343. The second-order valence-electron chi connectivity index (χ2n) is 6.37. The smallest absolute Gasteiger partial charge is 0.337 e. The number of ether oxygens (including phenoxy) is 2. The molecule has 0 amide bonds. The Morgan fingerprint density at radius 2 is 1.86 bits per heavy atom. The third kappa shape index (κ3) is 4.26. The maximum atomic E-state index is 13.0. The number of fused-ring (bicyclic) bond motifs is 1. The molecular formula is C21H22N2O4S. The topological polar surface area (TPSA) is 70.4 Å². The molecule has 0 saturated carbocycles. The Morgan fingerprint density at radius 3 is 2.54 bits per heavy atom. The van der Waals surface area contributed by atoms with Crippen LogP contribution >= 0.6 is 11.8 Å². The molecule has 0 unspecified atom stereocenters. The van der Waals surface area contributed by atoms with Crippen molar-refractivity contribution in [2.45, 2.75) is 23.9 Å². The molecular weight excluding hydrogens is 376 g/mol. The number of hydrogen-bond acceptors (Lipinski definition) is 6. The molecule has 0 aliphatic heterocycles. The lowest BCUT2D eigenvalue weighted by Crippen LogP contribution is -2.28. The third-order valence-electron chi connectivity index (χ3n) is 4.37. The van der Waals surface area contributed by atoms with Crippen molar-refractivity contribution in [3.63, 3.8) is 0 Å². The number of carbonyl (C=O) groups excluding carboxylic acids is 1. The minimum absolute atomic E-state index is 0.0707. The van der Waals surface area contributed by atoms with Crippen LogP contribution in [-0.2, 0) is 15.2 Å². The van der Waals surface area contributed by atoms with Gasteiger partial charge >= 0.3 is 5.97 Å². The second-order valence-corrected chi connectivity index (χ2v) is 7.31. The van der Waals surface area contributed by atoms with E-state index in [0.29, 0.717) is 34.0 Å². The van der Waals surface area contributed by atoms with Gasteiger partial charge in [-0.15, -0.1) is 0 Å². The molecule has 1 atom stereocenters. The average molecular weight is 398 g/mol. The van der Waals surface area contributed by atoms with Crippen LogP contribution in [0.1, 0.15) is 28.9 Å². The maximum Gasteiger partial charge on any atom is 0.337 e. The van der Waals surface area contributed by atoms with Crippen molar-refractivity contribution >= 4 is 28.6 Å². The summed E-state index contributed by atoms with van der Waals surface area (Å²) in [6, 6.07) is 14.4. The number of para-hydroxylation sites is 1. The standard InChI is InChI=1S/C21H22N2O4S/c1-14(12-26-2)23-19(24)17-6-4-5-7-18(17)22-21(23)28-13-15-8-10-16(11-9-15)20(25)27-3/h4-11,14H,12-13H2,1-3H3/t14-/m0/s1. The minimum atomic E-state index is -0.363. The van der Waals surface area contributed by atoms with E-state index in [-0.39, 0.29) is 17.6 Å². The van der Waals surface area contributed by atoms with Crippen LogP contribution < -0.4 is 5.56 Å². The van der Waals surface area contributed by atoms with Gasteiger partial charge in [-0.2, -0.15) is 0 Å². The molecule has 146 valence electrons. The van der Waals surface area contributed by atoms with Crippen LogP contribution in [0.25, 0.3) is 10.9 Å². The Morgan fingerprint density at radius 1 is 1.14 bits per heavy atom.